The van der Waals surface area contributed by atoms with Crippen LogP contribution in [0.5, 0.6) is 0 Å². The number of nitrogens with zero attached hydrogens (tertiary/aromatic N) is 2. The van der Waals surface area contributed by atoms with Gasteiger partial charge in [-0.3, -0.25) is 0 Å². The van der Waals surface area contributed by atoms with Crippen molar-refractivity contribution in [3.63, 3.8) is 0 Å². The molecule has 0 aromatic rings. The molecule has 1 saturated carbocycles. The molecule has 0 bridgehead atoms. The summed E-state index contributed by atoms with van der Waals surface area (Å²) in [5.41, 5.74) is 4.95. The number of allylic oxidation sites excluding steroid dienone is 1. The summed E-state index contributed by atoms with van der Waals surface area (Å²) in [6.07, 6.45) is 10.7. The summed E-state index contributed by atoms with van der Waals surface area (Å²) in [6, 6.07) is 0. The molecule has 0 radical (unpaired) electrons. The van der Waals surface area contributed by atoms with Crippen molar-refractivity contribution in [3.05, 3.63) is 17.4 Å². The van der Waals surface area contributed by atoms with Gasteiger partial charge in [0.25, 0.3) is 0 Å². The molecule has 1 rings (SSSR count). The maximum Gasteiger partial charge on any atom is 0.0345 e. The molecule has 90 valence electrons. The normalized spacial score (nSPS) is 17.4. The van der Waals surface area contributed by atoms with Gasteiger partial charge in [-0.2, -0.15) is 5.10 Å². The first kappa shape index (κ1) is 13.1. The van der Waals surface area contributed by atoms with Gasteiger partial charge in [-0.05, 0) is 37.3 Å². The molecule has 0 atom stereocenters. The molecule has 1 aliphatic carbocycles. The van der Waals surface area contributed by atoms with Gasteiger partial charge in [-0.25, -0.2) is 0 Å². The Morgan fingerprint density at radius 2 is 1.81 bits per heavy atom. The Balaban J connectivity index is 2.66. The molecule has 0 N–H and O–H groups in total. The van der Waals surface area contributed by atoms with Gasteiger partial charge in [-0.1, -0.05) is 20.3 Å². The third-order valence-corrected chi connectivity index (χ3v) is 2.73. The van der Waals surface area contributed by atoms with Crippen LogP contribution in [-0.2, 0) is 0 Å². The molecule has 2 heteroatoms. The van der Waals surface area contributed by atoms with Crippen LogP contribution in [0.1, 0.15) is 46.0 Å². The minimum atomic E-state index is -0.00524. The Morgan fingerprint density at radius 1 is 1.19 bits per heavy atom. The topological polar surface area (TPSA) is 15.6 Å². The van der Waals surface area contributed by atoms with Gasteiger partial charge >= 0.3 is 0 Å². The van der Waals surface area contributed by atoms with Crippen LogP contribution in [0.25, 0.3) is 0 Å². The highest BCUT2D eigenvalue weighted by atomic mass is 15.4. The van der Waals surface area contributed by atoms with Crippen LogP contribution in [-0.4, -0.2) is 25.3 Å². The van der Waals surface area contributed by atoms with E-state index in [4.69, 9.17) is 0 Å². The molecule has 0 saturated heterocycles. The summed E-state index contributed by atoms with van der Waals surface area (Å²) < 4.78 is 0. The van der Waals surface area contributed by atoms with E-state index in [1.807, 2.05) is 25.3 Å². The van der Waals surface area contributed by atoms with Crippen LogP contribution in [0.2, 0.25) is 0 Å². The Bertz CT molecular complexity index is 297. The van der Waals surface area contributed by atoms with Crippen LogP contribution in [0.4, 0.5) is 0 Å². The van der Waals surface area contributed by atoms with Crippen molar-refractivity contribution in [2.45, 2.75) is 46.0 Å². The third kappa shape index (κ3) is 5.18. The van der Waals surface area contributed by atoms with E-state index in [0.29, 0.717) is 0 Å². The lowest BCUT2D eigenvalue weighted by Crippen LogP contribution is -2.12. The van der Waals surface area contributed by atoms with Gasteiger partial charge < -0.3 is 5.01 Å². The smallest absolute Gasteiger partial charge is 0.0345 e. The van der Waals surface area contributed by atoms with E-state index in [1.54, 1.807) is 0 Å². The molecular formula is C14H24N2. The molecule has 0 unspecified atom stereocenters. The summed E-state index contributed by atoms with van der Waals surface area (Å²) in [5, 5.41) is 6.11. The Morgan fingerprint density at radius 3 is 2.38 bits per heavy atom. The van der Waals surface area contributed by atoms with Crippen LogP contribution >= 0.6 is 0 Å². The van der Waals surface area contributed by atoms with Crippen LogP contribution in [0.15, 0.2) is 22.5 Å². The lowest BCUT2D eigenvalue weighted by atomic mass is 9.92. The van der Waals surface area contributed by atoms with E-state index in [-0.39, 0.29) is 5.41 Å². The van der Waals surface area contributed by atoms with E-state index in [0.717, 1.165) is 0 Å². The van der Waals surface area contributed by atoms with Crippen molar-refractivity contribution in [2.75, 3.05) is 14.1 Å². The maximum atomic E-state index is 4.29. The van der Waals surface area contributed by atoms with E-state index < -0.39 is 0 Å². The highest BCUT2D eigenvalue weighted by Crippen LogP contribution is 2.22. The first-order valence-corrected chi connectivity index (χ1v) is 6.18. The minimum Gasteiger partial charge on any atom is -0.303 e. The lowest BCUT2D eigenvalue weighted by Gasteiger charge is -2.15. The van der Waals surface area contributed by atoms with Crippen molar-refractivity contribution >= 4 is 6.21 Å². The molecule has 0 heterocycles. The molecule has 0 spiro atoms. The van der Waals surface area contributed by atoms with E-state index in [1.165, 1.54) is 37.7 Å². The molecule has 1 fully saturated rings. The summed E-state index contributed by atoms with van der Waals surface area (Å²) in [5.74, 6) is 0. The van der Waals surface area contributed by atoms with Crippen LogP contribution < -0.4 is 0 Å². The predicted octanol–water partition coefficient (Wildman–Crippen LogP) is 3.61. The SMILES string of the molecule is CN(C)/N=C/C(C)(C)C=C=C1CCCCC1. The van der Waals surface area contributed by atoms with Gasteiger partial charge in [0.15, 0.2) is 0 Å². The number of hydrogen-bond acceptors (Lipinski definition) is 2. The second kappa shape index (κ2) is 5.91. The fourth-order valence-corrected chi connectivity index (χ4v) is 1.71. The molecule has 2 nitrogen and oxygen atoms in total. The summed E-state index contributed by atoms with van der Waals surface area (Å²) in [6.45, 7) is 4.33. The molecule has 0 aromatic carbocycles. The molecular weight excluding hydrogens is 196 g/mol. The quantitative estimate of drug-likeness (QED) is 0.403. The summed E-state index contributed by atoms with van der Waals surface area (Å²) >= 11 is 0. The maximum absolute atomic E-state index is 4.29. The van der Waals surface area contributed by atoms with Gasteiger partial charge in [0.2, 0.25) is 0 Å². The highest BCUT2D eigenvalue weighted by Gasteiger charge is 2.11. The standard InChI is InChI=1S/C14H24N2/c1-14(2,12-15-16(3)4)11-10-13-8-6-5-7-9-13/h11-12H,5-9H2,1-4H3/b15-12+. The summed E-state index contributed by atoms with van der Waals surface area (Å²) in [7, 11) is 3.88. The number of hydrazone groups is 1. The average Bonchev–Trinajstić information content (AvgIpc) is 2.26. The molecule has 1 aliphatic rings. The highest BCUT2D eigenvalue weighted by molar-refractivity contribution is 5.67. The largest absolute Gasteiger partial charge is 0.303 e. The first-order valence-electron chi connectivity index (χ1n) is 6.18. The van der Waals surface area contributed by atoms with Gasteiger partial charge in [-0.15, -0.1) is 5.73 Å². The fraction of sp³-hybridized carbons (Fsp3) is 0.714. The predicted molar refractivity (Wildman–Crippen MR) is 70.6 cm³/mol. The van der Waals surface area contributed by atoms with Crippen molar-refractivity contribution in [1.29, 1.82) is 0 Å². The average molecular weight is 220 g/mol. The zero-order chi connectivity index (χ0) is 12.0. The lowest BCUT2D eigenvalue weighted by molar-refractivity contribution is 0.433. The van der Waals surface area contributed by atoms with Crippen molar-refractivity contribution in [2.24, 2.45) is 10.5 Å². The van der Waals surface area contributed by atoms with Crippen molar-refractivity contribution in [1.82, 2.24) is 5.01 Å². The first-order chi connectivity index (χ1) is 7.49. The molecule has 16 heavy (non-hydrogen) atoms. The van der Waals surface area contributed by atoms with E-state index in [2.05, 4.69) is 30.8 Å². The fourth-order valence-electron chi connectivity index (χ4n) is 1.71. The van der Waals surface area contributed by atoms with Gasteiger partial charge in [0, 0.05) is 25.7 Å². The zero-order valence-corrected chi connectivity index (χ0v) is 11.1. The molecule has 0 aromatic heterocycles. The van der Waals surface area contributed by atoms with E-state index in [9.17, 15) is 0 Å². The van der Waals surface area contributed by atoms with Crippen molar-refractivity contribution in [3.8, 4) is 0 Å². The summed E-state index contributed by atoms with van der Waals surface area (Å²) in [4.78, 5) is 0. The Labute approximate surface area is 99.7 Å². The van der Waals surface area contributed by atoms with Crippen molar-refractivity contribution < 1.29 is 0 Å². The molecule has 0 amide bonds. The molecule has 0 aliphatic heterocycles. The minimum absolute atomic E-state index is 0.00524. The van der Waals surface area contributed by atoms with Crippen LogP contribution in [0, 0.1) is 5.41 Å². The van der Waals surface area contributed by atoms with Gasteiger partial charge in [0.05, 0.1) is 0 Å². The number of hydrogen-bond donors (Lipinski definition) is 0. The monoisotopic (exact) mass is 220 g/mol. The third-order valence-electron chi connectivity index (χ3n) is 2.73. The Hall–Kier alpha value is -1.01. The second-order valence-electron chi connectivity index (χ2n) is 5.37. The Kier molecular flexibility index (Phi) is 4.82. The van der Waals surface area contributed by atoms with Crippen LogP contribution in [0.3, 0.4) is 0 Å². The number of rotatable bonds is 3. The van der Waals surface area contributed by atoms with E-state index >= 15 is 0 Å². The van der Waals surface area contributed by atoms with Gasteiger partial charge in [0.1, 0.15) is 0 Å². The second-order valence-corrected chi connectivity index (χ2v) is 5.37. The zero-order valence-electron chi connectivity index (χ0n) is 11.1.